The van der Waals surface area contributed by atoms with Gasteiger partial charge in [-0.15, -0.1) is 0 Å². The number of amides is 2. The third-order valence-corrected chi connectivity index (χ3v) is 3.52. The molecular weight excluding hydrogens is 345 g/mol. The Morgan fingerprint density at radius 2 is 1.96 bits per heavy atom. The Labute approximate surface area is 148 Å². The predicted octanol–water partition coefficient (Wildman–Crippen LogP) is 2.42. The minimum absolute atomic E-state index is 0.00670. The van der Waals surface area contributed by atoms with Crippen molar-refractivity contribution in [2.75, 3.05) is 19.0 Å². The maximum atomic E-state index is 13.2. The molecule has 0 atom stereocenters. The van der Waals surface area contributed by atoms with Crippen LogP contribution in [-0.2, 0) is 4.79 Å². The molecule has 136 valence electrons. The third-order valence-electron chi connectivity index (χ3n) is 3.52. The highest BCUT2D eigenvalue weighted by molar-refractivity contribution is 6.00. The first-order valence-electron chi connectivity index (χ1n) is 7.48. The second-order valence-electron chi connectivity index (χ2n) is 5.33. The Bertz CT molecular complexity index is 869. The fourth-order valence-electron chi connectivity index (χ4n) is 2.16. The smallest absolute Gasteiger partial charge is 0.311 e. The van der Waals surface area contributed by atoms with Crippen LogP contribution in [0.1, 0.15) is 15.9 Å². The summed E-state index contributed by atoms with van der Waals surface area (Å²) >= 11 is 0. The van der Waals surface area contributed by atoms with E-state index in [1.54, 1.807) is 6.92 Å². The molecule has 2 aromatic rings. The quantitative estimate of drug-likeness (QED) is 0.606. The standard InChI is InChI=1S/C17H16FN3O5/c1-10-3-5-12(18)8-13(10)20-16(22)9-19-17(23)11-4-6-15(26-2)14(7-11)21(24)25/h3-8H,9H2,1-2H3,(H,19,23)(H,20,22). The minimum Gasteiger partial charge on any atom is -0.490 e. The molecule has 0 aliphatic rings. The summed E-state index contributed by atoms with van der Waals surface area (Å²) in [4.78, 5) is 34.3. The van der Waals surface area contributed by atoms with Crippen LogP contribution in [-0.4, -0.2) is 30.4 Å². The summed E-state index contributed by atoms with van der Waals surface area (Å²) in [5.41, 5.74) is 0.605. The Morgan fingerprint density at radius 1 is 1.23 bits per heavy atom. The van der Waals surface area contributed by atoms with Crippen LogP contribution in [0.3, 0.4) is 0 Å². The molecule has 26 heavy (non-hydrogen) atoms. The van der Waals surface area contributed by atoms with E-state index in [-0.39, 0.29) is 23.5 Å². The number of nitrogens with one attached hydrogen (secondary N) is 2. The fraction of sp³-hybridized carbons (Fsp3) is 0.176. The minimum atomic E-state index is -0.672. The third kappa shape index (κ3) is 4.53. The van der Waals surface area contributed by atoms with Crippen molar-refractivity contribution in [1.29, 1.82) is 0 Å². The molecule has 0 radical (unpaired) electrons. The summed E-state index contributed by atoms with van der Waals surface area (Å²) in [5, 5.41) is 15.8. The molecule has 2 amide bonds. The first kappa shape index (κ1) is 18.8. The van der Waals surface area contributed by atoms with Crippen molar-refractivity contribution in [3.05, 3.63) is 63.5 Å². The van der Waals surface area contributed by atoms with Crippen LogP contribution in [0.2, 0.25) is 0 Å². The van der Waals surface area contributed by atoms with E-state index in [0.29, 0.717) is 11.3 Å². The van der Waals surface area contributed by atoms with Crippen LogP contribution in [0.15, 0.2) is 36.4 Å². The highest BCUT2D eigenvalue weighted by Gasteiger charge is 2.18. The van der Waals surface area contributed by atoms with Gasteiger partial charge in [-0.25, -0.2) is 4.39 Å². The molecule has 0 aliphatic carbocycles. The molecule has 0 aliphatic heterocycles. The van der Waals surface area contributed by atoms with E-state index in [9.17, 15) is 24.1 Å². The van der Waals surface area contributed by atoms with E-state index in [2.05, 4.69) is 10.6 Å². The monoisotopic (exact) mass is 361 g/mol. The number of halogens is 1. The number of aryl methyl sites for hydroxylation is 1. The number of nitrogens with zero attached hydrogens (tertiary/aromatic N) is 1. The van der Waals surface area contributed by atoms with Gasteiger partial charge in [-0.1, -0.05) is 6.07 Å². The average Bonchev–Trinajstić information content (AvgIpc) is 2.62. The van der Waals surface area contributed by atoms with Crippen molar-refractivity contribution < 1.29 is 23.6 Å². The van der Waals surface area contributed by atoms with Crippen LogP contribution in [0.4, 0.5) is 15.8 Å². The zero-order valence-electron chi connectivity index (χ0n) is 14.0. The second-order valence-corrected chi connectivity index (χ2v) is 5.33. The summed E-state index contributed by atoms with van der Waals surface area (Å²) in [6.45, 7) is 1.32. The van der Waals surface area contributed by atoms with Gasteiger partial charge in [-0.2, -0.15) is 0 Å². The molecule has 2 N–H and O–H groups in total. The molecule has 2 rings (SSSR count). The van der Waals surface area contributed by atoms with E-state index < -0.39 is 22.6 Å². The summed E-state index contributed by atoms with van der Waals surface area (Å²) in [6, 6.07) is 7.65. The molecule has 0 saturated heterocycles. The van der Waals surface area contributed by atoms with Crippen molar-refractivity contribution in [2.45, 2.75) is 6.92 Å². The van der Waals surface area contributed by atoms with Crippen molar-refractivity contribution in [1.82, 2.24) is 5.32 Å². The van der Waals surface area contributed by atoms with E-state index >= 15 is 0 Å². The summed E-state index contributed by atoms with van der Waals surface area (Å²) in [5.74, 6) is -1.71. The number of rotatable bonds is 6. The summed E-state index contributed by atoms with van der Waals surface area (Å²) in [6.07, 6.45) is 0. The van der Waals surface area contributed by atoms with Crippen LogP contribution in [0.5, 0.6) is 5.75 Å². The lowest BCUT2D eigenvalue weighted by molar-refractivity contribution is -0.385. The van der Waals surface area contributed by atoms with Gasteiger partial charge in [0.2, 0.25) is 5.91 Å². The van der Waals surface area contributed by atoms with Gasteiger partial charge in [0.1, 0.15) is 5.82 Å². The van der Waals surface area contributed by atoms with E-state index in [0.717, 1.165) is 6.07 Å². The Hall–Kier alpha value is -3.49. The number of hydrogen-bond donors (Lipinski definition) is 2. The van der Waals surface area contributed by atoms with Crippen molar-refractivity contribution >= 4 is 23.2 Å². The van der Waals surface area contributed by atoms with Gasteiger partial charge in [-0.3, -0.25) is 19.7 Å². The fourth-order valence-corrected chi connectivity index (χ4v) is 2.16. The Morgan fingerprint density at radius 3 is 2.62 bits per heavy atom. The lowest BCUT2D eigenvalue weighted by Crippen LogP contribution is -2.33. The maximum Gasteiger partial charge on any atom is 0.311 e. The topological polar surface area (TPSA) is 111 Å². The van der Waals surface area contributed by atoms with Gasteiger partial charge in [0.25, 0.3) is 5.91 Å². The summed E-state index contributed by atoms with van der Waals surface area (Å²) in [7, 11) is 1.28. The second kappa shape index (κ2) is 8.06. The Kier molecular flexibility index (Phi) is 5.84. The van der Waals surface area contributed by atoms with Gasteiger partial charge in [0.05, 0.1) is 18.6 Å². The Balaban J connectivity index is 2.02. The van der Waals surface area contributed by atoms with Gasteiger partial charge in [-0.05, 0) is 36.8 Å². The van der Waals surface area contributed by atoms with Gasteiger partial charge < -0.3 is 15.4 Å². The van der Waals surface area contributed by atoms with E-state index in [4.69, 9.17) is 4.74 Å². The lowest BCUT2D eigenvalue weighted by Gasteiger charge is -2.10. The number of benzene rings is 2. The van der Waals surface area contributed by atoms with Crippen molar-refractivity contribution in [2.24, 2.45) is 0 Å². The molecule has 2 aromatic carbocycles. The van der Waals surface area contributed by atoms with Gasteiger partial charge in [0, 0.05) is 17.3 Å². The molecule has 8 nitrogen and oxygen atoms in total. The first-order chi connectivity index (χ1) is 12.3. The number of carbonyl (C=O) groups excluding carboxylic acids is 2. The molecule has 0 heterocycles. The van der Waals surface area contributed by atoms with Gasteiger partial charge >= 0.3 is 5.69 Å². The number of ether oxygens (including phenoxy) is 1. The number of anilines is 1. The SMILES string of the molecule is COc1ccc(C(=O)NCC(=O)Nc2cc(F)ccc2C)cc1[N+](=O)[O-]. The van der Waals surface area contributed by atoms with Crippen LogP contribution >= 0.6 is 0 Å². The molecule has 0 saturated carbocycles. The van der Waals surface area contributed by atoms with E-state index in [1.165, 1.54) is 37.4 Å². The number of nitro benzene ring substituents is 1. The molecular formula is C17H16FN3O5. The van der Waals surface area contributed by atoms with Gasteiger partial charge in [0.15, 0.2) is 5.75 Å². The van der Waals surface area contributed by atoms with Crippen LogP contribution in [0.25, 0.3) is 0 Å². The van der Waals surface area contributed by atoms with Crippen molar-refractivity contribution in [3.63, 3.8) is 0 Å². The summed E-state index contributed by atoms with van der Waals surface area (Å²) < 4.78 is 18.1. The first-order valence-corrected chi connectivity index (χ1v) is 7.48. The highest BCUT2D eigenvalue weighted by Crippen LogP contribution is 2.27. The number of nitro groups is 1. The normalized spacial score (nSPS) is 10.1. The predicted molar refractivity (Wildman–Crippen MR) is 91.7 cm³/mol. The zero-order valence-corrected chi connectivity index (χ0v) is 14.0. The largest absolute Gasteiger partial charge is 0.490 e. The molecule has 0 unspecified atom stereocenters. The number of carbonyl (C=O) groups is 2. The van der Waals surface area contributed by atoms with E-state index in [1.807, 2.05) is 0 Å². The molecule has 0 bridgehead atoms. The molecule has 9 heteroatoms. The van der Waals surface area contributed by atoms with Crippen molar-refractivity contribution in [3.8, 4) is 5.75 Å². The van der Waals surface area contributed by atoms with Crippen LogP contribution in [0, 0.1) is 22.9 Å². The zero-order chi connectivity index (χ0) is 19.3. The number of methoxy groups -OCH3 is 1. The molecule has 0 spiro atoms. The van der Waals surface area contributed by atoms with Crippen LogP contribution < -0.4 is 15.4 Å². The number of hydrogen-bond acceptors (Lipinski definition) is 5. The average molecular weight is 361 g/mol. The molecule has 0 fully saturated rings. The lowest BCUT2D eigenvalue weighted by atomic mass is 10.1. The highest BCUT2D eigenvalue weighted by atomic mass is 19.1. The molecule has 0 aromatic heterocycles. The maximum absolute atomic E-state index is 13.2.